The van der Waals surface area contributed by atoms with E-state index in [9.17, 15) is 23.3 Å². The molecule has 0 bridgehead atoms. The molecule has 15 heteroatoms. The van der Waals surface area contributed by atoms with Gasteiger partial charge in [-0.25, -0.2) is 37.1 Å². The maximum atomic E-state index is 15.0. The maximum Gasteiger partial charge on any atom is 0.411 e. The van der Waals surface area contributed by atoms with E-state index in [1.807, 2.05) is 11.4 Å². The van der Waals surface area contributed by atoms with Crippen molar-refractivity contribution in [1.29, 1.82) is 5.26 Å². The van der Waals surface area contributed by atoms with Gasteiger partial charge in [0.15, 0.2) is 5.54 Å². The van der Waals surface area contributed by atoms with E-state index in [4.69, 9.17) is 5.26 Å². The van der Waals surface area contributed by atoms with Crippen LogP contribution in [0.3, 0.4) is 0 Å². The Bertz CT molecular complexity index is 1400. The molecule has 2 atom stereocenters. The predicted octanol–water partition coefficient (Wildman–Crippen LogP) is 2.02. The minimum atomic E-state index is -3.40. The lowest BCUT2D eigenvalue weighted by Gasteiger charge is -2.39. The summed E-state index contributed by atoms with van der Waals surface area (Å²) in [5.41, 5.74) is -2.55. The highest BCUT2D eigenvalue weighted by molar-refractivity contribution is 7.92. The number of hydrogen-bond donors (Lipinski definition) is 3. The van der Waals surface area contributed by atoms with Gasteiger partial charge < -0.3 is 10.4 Å². The van der Waals surface area contributed by atoms with Gasteiger partial charge in [-0.15, -0.1) is 0 Å². The lowest BCUT2D eigenvalue weighted by molar-refractivity contribution is 0.102. The topological polar surface area (TPSA) is 173 Å². The zero-order valence-corrected chi connectivity index (χ0v) is 19.5. The average molecular weight is 519 g/mol. The first kappa shape index (κ1) is 24.9. The molecule has 3 N–H and O–H groups in total. The molecule has 2 aromatic heterocycles. The molecule has 2 aliphatic rings. The lowest BCUT2D eigenvalue weighted by atomic mass is 9.98. The number of nitrogens with zero attached hydrogens (tertiary/aromatic N) is 6. The van der Waals surface area contributed by atoms with Crippen molar-refractivity contribution in [3.8, 4) is 6.07 Å². The summed E-state index contributed by atoms with van der Waals surface area (Å²) in [6, 6.07) is 6.64. The van der Waals surface area contributed by atoms with Crippen LogP contribution in [0.1, 0.15) is 34.6 Å². The van der Waals surface area contributed by atoms with E-state index in [1.54, 1.807) is 0 Å². The Balaban J connectivity index is 1.76. The minimum absolute atomic E-state index is 0.0543. The molecule has 0 fully saturated rings. The highest BCUT2D eigenvalue weighted by Gasteiger charge is 2.48. The fraction of sp³-hybridized carbons (Fsp3) is 0.333. The molecule has 0 aliphatic carbocycles. The van der Waals surface area contributed by atoms with Gasteiger partial charge in [0.25, 0.3) is 5.91 Å². The standard InChI is InChI=1S/C21H20F2N8O4S/c22-11-21(12-36(35)26-7-1-2-8-31(36)19(30-21)29-20(33)34)17-14(23)4-6-16(27-17)28-18(32)15-5-3-13(9-24)10-25-15/h3-6,10H,1-2,7-8,11-12H2,(H,29,30)(H,33,34)(H,27,28,32)/t21-,36?/m0/s1. The third-order valence-electron chi connectivity index (χ3n) is 5.48. The summed E-state index contributed by atoms with van der Waals surface area (Å²) in [4.78, 5) is 36.0. The number of halogens is 2. The largest absolute Gasteiger partial charge is 0.465 e. The molecule has 0 saturated heterocycles. The molecule has 12 nitrogen and oxygen atoms in total. The molecule has 0 saturated carbocycles. The number of carbonyl (C=O) groups is 2. The maximum absolute atomic E-state index is 15.0. The SMILES string of the molecule is N#Cc1ccc(C(=O)Nc2ccc(F)c([C@]3(CF)CS4(=O)=NCCCCN4C(NC(=O)O)=N3)n2)nc1. The van der Waals surface area contributed by atoms with Crippen LogP contribution in [-0.2, 0) is 15.5 Å². The first-order valence-corrected chi connectivity index (χ1v) is 12.3. The quantitative estimate of drug-likeness (QED) is 0.555. The summed E-state index contributed by atoms with van der Waals surface area (Å²) in [6.45, 7) is -1.01. The van der Waals surface area contributed by atoms with E-state index in [1.165, 1.54) is 22.6 Å². The van der Waals surface area contributed by atoms with Crippen molar-refractivity contribution >= 4 is 33.7 Å². The van der Waals surface area contributed by atoms with Gasteiger partial charge in [0.1, 0.15) is 45.7 Å². The molecule has 4 rings (SSSR count). The Hall–Kier alpha value is -4.19. The number of rotatable bonds is 4. The molecule has 0 spiro atoms. The monoisotopic (exact) mass is 518 g/mol. The number of guanidine groups is 1. The Morgan fingerprint density at radius 3 is 2.72 bits per heavy atom. The Morgan fingerprint density at radius 2 is 2.06 bits per heavy atom. The van der Waals surface area contributed by atoms with Gasteiger partial charge in [0.05, 0.1) is 17.9 Å². The predicted molar refractivity (Wildman–Crippen MR) is 124 cm³/mol. The van der Waals surface area contributed by atoms with Crippen LogP contribution in [0, 0.1) is 17.1 Å². The summed E-state index contributed by atoms with van der Waals surface area (Å²) in [6.07, 6.45) is 0.788. The third kappa shape index (κ3) is 4.80. The molecular weight excluding hydrogens is 498 g/mol. The third-order valence-corrected chi connectivity index (χ3v) is 7.97. The first-order valence-electron chi connectivity index (χ1n) is 10.7. The number of nitriles is 1. The van der Waals surface area contributed by atoms with Crippen molar-refractivity contribution in [3.05, 3.63) is 53.2 Å². The highest BCUT2D eigenvalue weighted by atomic mass is 32.2. The minimum Gasteiger partial charge on any atom is -0.465 e. The van der Waals surface area contributed by atoms with Crippen molar-refractivity contribution < 1.29 is 27.7 Å². The fourth-order valence-corrected chi connectivity index (χ4v) is 6.28. The van der Waals surface area contributed by atoms with Crippen LogP contribution < -0.4 is 10.6 Å². The number of anilines is 1. The number of nitrogens with one attached hydrogen (secondary N) is 2. The second kappa shape index (κ2) is 9.82. The summed E-state index contributed by atoms with van der Waals surface area (Å²) in [5.74, 6) is -2.88. The van der Waals surface area contributed by atoms with Gasteiger partial charge in [-0.3, -0.25) is 14.4 Å². The number of carboxylic acid groups (broad SMARTS) is 1. The Kier molecular flexibility index (Phi) is 6.80. The number of alkyl halides is 1. The second-order valence-corrected chi connectivity index (χ2v) is 10.2. The molecule has 36 heavy (non-hydrogen) atoms. The first-order chi connectivity index (χ1) is 17.2. The molecular formula is C21H20F2N8O4S. The molecule has 2 aromatic rings. The molecule has 1 unspecified atom stereocenters. The van der Waals surface area contributed by atoms with E-state index < -0.39 is 57.4 Å². The second-order valence-electron chi connectivity index (χ2n) is 7.97. The van der Waals surface area contributed by atoms with Gasteiger partial charge in [-0.1, -0.05) is 0 Å². The van der Waals surface area contributed by atoms with Crippen molar-refractivity contribution in [2.45, 2.75) is 18.4 Å². The van der Waals surface area contributed by atoms with E-state index in [0.29, 0.717) is 12.8 Å². The number of hydrogen-bond acceptors (Lipinski definition) is 8. The normalized spacial score (nSPS) is 23.2. The van der Waals surface area contributed by atoms with Crippen LogP contribution in [0.25, 0.3) is 0 Å². The smallest absolute Gasteiger partial charge is 0.411 e. The lowest BCUT2D eigenvalue weighted by Crippen LogP contribution is -2.56. The number of pyridine rings is 2. The van der Waals surface area contributed by atoms with E-state index >= 15 is 4.39 Å². The summed E-state index contributed by atoms with van der Waals surface area (Å²) < 4.78 is 48.8. The number of amides is 2. The van der Waals surface area contributed by atoms with Crippen LogP contribution in [0.15, 0.2) is 39.8 Å². The average Bonchev–Trinajstić information content (AvgIpc) is 3.06. The number of fused-ring (bicyclic) bond motifs is 1. The van der Waals surface area contributed by atoms with Crippen LogP contribution in [0.4, 0.5) is 19.4 Å². The molecule has 0 aromatic carbocycles. The zero-order valence-electron chi connectivity index (χ0n) is 18.6. The van der Waals surface area contributed by atoms with Gasteiger partial charge >= 0.3 is 6.09 Å². The number of carbonyl (C=O) groups excluding carboxylic acids is 1. The summed E-state index contributed by atoms with van der Waals surface area (Å²) in [7, 11) is -3.40. The van der Waals surface area contributed by atoms with E-state index in [2.05, 4.69) is 24.6 Å². The van der Waals surface area contributed by atoms with Crippen LogP contribution in [-0.4, -0.2) is 67.1 Å². The Labute approximate surface area is 204 Å². The van der Waals surface area contributed by atoms with Gasteiger partial charge in [-0.2, -0.15) is 5.26 Å². The number of aliphatic imine (C=N–C) groups is 1. The van der Waals surface area contributed by atoms with Crippen LogP contribution in [0.2, 0.25) is 0 Å². The zero-order chi connectivity index (χ0) is 25.9. The molecule has 4 heterocycles. The van der Waals surface area contributed by atoms with Gasteiger partial charge in [0, 0.05) is 12.7 Å². The van der Waals surface area contributed by atoms with Crippen molar-refractivity contribution in [3.63, 3.8) is 0 Å². The van der Waals surface area contributed by atoms with E-state index in [0.717, 1.165) is 12.1 Å². The Morgan fingerprint density at radius 1 is 1.25 bits per heavy atom. The van der Waals surface area contributed by atoms with E-state index in [-0.39, 0.29) is 30.2 Å². The highest BCUT2D eigenvalue weighted by Crippen LogP contribution is 2.36. The van der Waals surface area contributed by atoms with Crippen molar-refractivity contribution in [2.24, 2.45) is 9.36 Å². The van der Waals surface area contributed by atoms with Crippen LogP contribution >= 0.6 is 0 Å². The van der Waals surface area contributed by atoms with Crippen molar-refractivity contribution in [2.75, 3.05) is 30.8 Å². The molecule has 0 radical (unpaired) electrons. The number of aromatic nitrogens is 2. The molecule has 2 aliphatic heterocycles. The van der Waals surface area contributed by atoms with Crippen LogP contribution in [0.5, 0.6) is 0 Å². The summed E-state index contributed by atoms with van der Waals surface area (Å²) in [5, 5.41) is 22.6. The van der Waals surface area contributed by atoms with Crippen molar-refractivity contribution in [1.82, 2.24) is 19.6 Å². The molecule has 2 amide bonds. The van der Waals surface area contributed by atoms with Gasteiger partial charge in [-0.05, 0) is 37.1 Å². The van der Waals surface area contributed by atoms with Gasteiger partial charge in [0.2, 0.25) is 5.96 Å². The molecule has 188 valence electrons. The summed E-state index contributed by atoms with van der Waals surface area (Å²) >= 11 is 0. The fourth-order valence-electron chi connectivity index (χ4n) is 3.80.